The first-order valence-corrected chi connectivity index (χ1v) is 7.87. The lowest BCUT2D eigenvalue weighted by Gasteiger charge is -2.27. The summed E-state index contributed by atoms with van der Waals surface area (Å²) in [6.07, 6.45) is 0.144. The average molecular weight is 317 g/mol. The molecule has 1 unspecified atom stereocenters. The maximum atomic E-state index is 12.2. The molecule has 3 N–H and O–H groups in total. The number of rotatable bonds is 5. The third-order valence-corrected chi connectivity index (χ3v) is 3.82. The van der Waals surface area contributed by atoms with Crippen molar-refractivity contribution >= 4 is 22.6 Å². The van der Waals surface area contributed by atoms with Crippen LogP contribution in [0, 0.1) is 6.92 Å². The van der Waals surface area contributed by atoms with E-state index < -0.39 is 0 Å². The van der Waals surface area contributed by atoms with E-state index in [4.69, 9.17) is 4.74 Å². The van der Waals surface area contributed by atoms with Gasteiger partial charge in [0, 0.05) is 25.3 Å². The zero-order valence-electron chi connectivity index (χ0n) is 13.6. The number of benzene rings is 1. The number of imidazole rings is 1. The topological polar surface area (TPSA) is 82.3 Å². The summed E-state index contributed by atoms with van der Waals surface area (Å²) in [4.78, 5) is 21.7. The minimum Gasteiger partial charge on any atom is -0.374 e. The summed E-state index contributed by atoms with van der Waals surface area (Å²) in [5, 5.41) is 6.22. The quantitative estimate of drug-likeness (QED) is 0.757. The van der Waals surface area contributed by atoms with Crippen LogP contribution in [0.15, 0.2) is 18.2 Å². The molecule has 1 amide bonds. The minimum absolute atomic E-state index is 0.0353. The van der Waals surface area contributed by atoms with E-state index in [2.05, 4.69) is 20.6 Å². The fourth-order valence-electron chi connectivity index (χ4n) is 2.81. The minimum atomic E-state index is -0.0353. The van der Waals surface area contributed by atoms with E-state index in [1.54, 1.807) is 0 Å². The number of amides is 1. The molecule has 1 saturated heterocycles. The van der Waals surface area contributed by atoms with E-state index >= 15 is 0 Å². The number of aryl methyl sites for hydroxylation is 1. The van der Waals surface area contributed by atoms with Gasteiger partial charge in [0.1, 0.15) is 5.82 Å². The summed E-state index contributed by atoms with van der Waals surface area (Å²) in [5.74, 6) is 0.830. The van der Waals surface area contributed by atoms with Crippen LogP contribution in [0.3, 0.4) is 0 Å². The number of aromatic nitrogens is 2. The van der Waals surface area contributed by atoms with Gasteiger partial charge in [-0.25, -0.2) is 4.98 Å². The van der Waals surface area contributed by atoms with Crippen LogP contribution < -0.4 is 10.6 Å². The van der Waals surface area contributed by atoms with Crippen molar-refractivity contribution in [3.63, 3.8) is 0 Å². The number of likely N-dealkylation sites (N-methyl/N-ethyl adjacent to an activating group) is 1. The molecule has 0 bridgehead atoms. The van der Waals surface area contributed by atoms with Crippen molar-refractivity contribution in [1.82, 2.24) is 20.2 Å². The van der Waals surface area contributed by atoms with Gasteiger partial charge in [-0.05, 0) is 32.2 Å². The molecular formula is C16H23N5O2. The number of H-pyrrole nitrogens is 1. The third-order valence-electron chi connectivity index (χ3n) is 3.82. The summed E-state index contributed by atoms with van der Waals surface area (Å²) in [5.41, 5.74) is 2.60. The van der Waals surface area contributed by atoms with Crippen molar-refractivity contribution < 1.29 is 9.53 Å². The van der Waals surface area contributed by atoms with E-state index in [1.165, 1.54) is 0 Å². The third kappa shape index (κ3) is 4.28. The molecule has 1 fully saturated rings. The second-order valence-electron chi connectivity index (χ2n) is 6.00. The Morgan fingerprint density at radius 3 is 3.17 bits per heavy atom. The van der Waals surface area contributed by atoms with Crippen LogP contribution in [-0.2, 0) is 9.53 Å². The van der Waals surface area contributed by atoms with Crippen LogP contribution >= 0.6 is 0 Å². The molecule has 23 heavy (non-hydrogen) atoms. The predicted octanol–water partition coefficient (Wildman–Crippen LogP) is 0.730. The van der Waals surface area contributed by atoms with Gasteiger partial charge in [0.15, 0.2) is 0 Å². The Morgan fingerprint density at radius 1 is 1.52 bits per heavy atom. The molecule has 1 aliphatic rings. The van der Waals surface area contributed by atoms with Crippen LogP contribution in [-0.4, -0.2) is 66.7 Å². The Morgan fingerprint density at radius 2 is 2.39 bits per heavy atom. The fraction of sp³-hybridized carbons (Fsp3) is 0.500. The Kier molecular flexibility index (Phi) is 4.90. The van der Waals surface area contributed by atoms with Gasteiger partial charge in [-0.3, -0.25) is 9.69 Å². The number of hydrogen-bond donors (Lipinski definition) is 3. The maximum absolute atomic E-state index is 12.2. The van der Waals surface area contributed by atoms with Gasteiger partial charge in [-0.2, -0.15) is 0 Å². The van der Waals surface area contributed by atoms with E-state index in [0.29, 0.717) is 6.54 Å². The SMILES string of the molecule is Cc1nc2ccc(NC(=O)CN(C)CC3CNCCO3)cc2[nH]1. The van der Waals surface area contributed by atoms with E-state index in [-0.39, 0.29) is 12.0 Å². The molecule has 1 aromatic heterocycles. The highest BCUT2D eigenvalue weighted by atomic mass is 16.5. The van der Waals surface area contributed by atoms with E-state index in [0.717, 1.165) is 48.8 Å². The summed E-state index contributed by atoms with van der Waals surface area (Å²) in [7, 11) is 1.93. The lowest BCUT2D eigenvalue weighted by molar-refractivity contribution is -0.117. The van der Waals surface area contributed by atoms with E-state index in [9.17, 15) is 4.79 Å². The normalized spacial score (nSPS) is 18.5. The van der Waals surface area contributed by atoms with Crippen molar-refractivity contribution in [3.8, 4) is 0 Å². The van der Waals surface area contributed by atoms with Crippen molar-refractivity contribution in [2.24, 2.45) is 0 Å². The smallest absolute Gasteiger partial charge is 0.238 e. The summed E-state index contributed by atoms with van der Waals surface area (Å²) in [6, 6.07) is 5.68. The molecule has 1 aromatic carbocycles. The van der Waals surface area contributed by atoms with Crippen LogP contribution in [0.4, 0.5) is 5.69 Å². The lowest BCUT2D eigenvalue weighted by Crippen LogP contribution is -2.45. The molecule has 1 aliphatic heterocycles. The molecule has 0 spiro atoms. The zero-order chi connectivity index (χ0) is 16.2. The molecule has 124 valence electrons. The number of carbonyl (C=O) groups is 1. The standard InChI is InChI=1S/C16H23N5O2/c1-11-18-14-4-3-12(7-15(14)19-11)20-16(22)10-21(2)9-13-8-17-5-6-23-13/h3-4,7,13,17H,5-6,8-10H2,1-2H3,(H,18,19)(H,20,22). The second-order valence-corrected chi connectivity index (χ2v) is 6.00. The number of fused-ring (bicyclic) bond motifs is 1. The molecule has 7 nitrogen and oxygen atoms in total. The monoisotopic (exact) mass is 317 g/mol. The second kappa shape index (κ2) is 7.08. The van der Waals surface area contributed by atoms with Gasteiger partial charge in [0.25, 0.3) is 0 Å². The Hall–Kier alpha value is -1.96. The number of nitrogens with one attached hydrogen (secondary N) is 3. The Labute approximate surface area is 135 Å². The summed E-state index contributed by atoms with van der Waals surface area (Å²) in [6.45, 7) is 5.45. The van der Waals surface area contributed by atoms with Gasteiger partial charge < -0.3 is 20.4 Å². The number of nitrogens with zero attached hydrogens (tertiary/aromatic N) is 2. The van der Waals surface area contributed by atoms with Crippen LogP contribution in [0.5, 0.6) is 0 Å². The fourth-order valence-corrected chi connectivity index (χ4v) is 2.81. The highest BCUT2D eigenvalue weighted by Crippen LogP contribution is 2.17. The van der Waals surface area contributed by atoms with Crippen molar-refractivity contribution in [2.75, 3.05) is 45.2 Å². The zero-order valence-corrected chi connectivity index (χ0v) is 13.6. The maximum Gasteiger partial charge on any atom is 0.238 e. The predicted molar refractivity (Wildman–Crippen MR) is 89.6 cm³/mol. The first-order chi connectivity index (χ1) is 11.1. The van der Waals surface area contributed by atoms with Gasteiger partial charge in [-0.15, -0.1) is 0 Å². The van der Waals surface area contributed by atoms with Crippen molar-refractivity contribution in [1.29, 1.82) is 0 Å². The number of carbonyl (C=O) groups excluding carboxylic acids is 1. The van der Waals surface area contributed by atoms with Gasteiger partial charge in [0.2, 0.25) is 5.91 Å². The number of ether oxygens (including phenoxy) is 1. The van der Waals surface area contributed by atoms with Crippen LogP contribution in [0.1, 0.15) is 5.82 Å². The molecule has 1 atom stereocenters. The molecule has 7 heteroatoms. The first kappa shape index (κ1) is 15.9. The molecule has 2 heterocycles. The number of morpholine rings is 1. The highest BCUT2D eigenvalue weighted by Gasteiger charge is 2.17. The molecule has 3 rings (SSSR count). The number of anilines is 1. The Bertz CT molecular complexity index is 678. The lowest BCUT2D eigenvalue weighted by atomic mass is 10.2. The van der Waals surface area contributed by atoms with Gasteiger partial charge >= 0.3 is 0 Å². The van der Waals surface area contributed by atoms with Crippen LogP contribution in [0.25, 0.3) is 11.0 Å². The molecule has 0 radical (unpaired) electrons. The molecule has 0 saturated carbocycles. The van der Waals surface area contributed by atoms with Gasteiger partial charge in [-0.1, -0.05) is 0 Å². The van der Waals surface area contributed by atoms with E-state index in [1.807, 2.05) is 37.1 Å². The highest BCUT2D eigenvalue weighted by molar-refractivity contribution is 5.94. The van der Waals surface area contributed by atoms with Crippen molar-refractivity contribution in [2.45, 2.75) is 13.0 Å². The average Bonchev–Trinajstić information content (AvgIpc) is 2.87. The van der Waals surface area contributed by atoms with Crippen molar-refractivity contribution in [3.05, 3.63) is 24.0 Å². The molecular weight excluding hydrogens is 294 g/mol. The number of hydrogen-bond acceptors (Lipinski definition) is 5. The summed E-state index contributed by atoms with van der Waals surface area (Å²) < 4.78 is 5.65. The van der Waals surface area contributed by atoms with Gasteiger partial charge in [0.05, 0.1) is 30.3 Å². The molecule has 0 aliphatic carbocycles. The molecule has 2 aromatic rings. The Balaban J connectivity index is 1.52. The largest absolute Gasteiger partial charge is 0.374 e. The summed E-state index contributed by atoms with van der Waals surface area (Å²) >= 11 is 0. The number of aromatic amines is 1. The first-order valence-electron chi connectivity index (χ1n) is 7.87. The van der Waals surface area contributed by atoms with Crippen LogP contribution in [0.2, 0.25) is 0 Å².